The predicted molar refractivity (Wildman–Crippen MR) is 164 cm³/mol. The summed E-state index contributed by atoms with van der Waals surface area (Å²) >= 11 is 0. The van der Waals surface area contributed by atoms with Gasteiger partial charge in [-0.25, -0.2) is 0 Å². The Hall–Kier alpha value is -2.16. The largest absolute Gasteiger partial charge is 2.00 e. The first-order chi connectivity index (χ1) is 20.4. The fraction of sp³-hybridized carbons (Fsp3) is 0.778. The monoisotopic (exact) mass is 699 g/mol. The maximum atomic E-state index is 11.3. The molecule has 0 radical (unpaired) electrons. The molecule has 3 unspecified atom stereocenters. The van der Waals surface area contributed by atoms with Crippen LogP contribution in [0.5, 0.6) is 0 Å². The van der Waals surface area contributed by atoms with Crippen LogP contribution in [0, 0.1) is 16.2 Å². The predicted octanol–water partition coefficient (Wildman–Crippen LogP) is -3.29. The van der Waals surface area contributed by atoms with E-state index in [1.54, 1.807) is 0 Å². The molecule has 0 aliphatic carbocycles. The Bertz CT molecular complexity index is 854. The zero-order chi connectivity index (χ0) is 36.2. The van der Waals surface area contributed by atoms with E-state index in [2.05, 4.69) is 16.0 Å². The molecule has 0 bridgehead atoms. The quantitative estimate of drug-likeness (QED) is 0.0624. The Morgan fingerprint density at radius 1 is 0.500 bits per heavy atom. The molecule has 0 saturated carbocycles. The van der Waals surface area contributed by atoms with Crippen molar-refractivity contribution in [3.8, 4) is 0 Å². The molecule has 0 spiro atoms. The Balaban J connectivity index is -0.000000134. The van der Waals surface area contributed by atoms with Crippen molar-refractivity contribution in [1.82, 2.24) is 16.0 Å². The van der Waals surface area contributed by atoms with Gasteiger partial charge in [-0.2, -0.15) is 0 Å². The van der Waals surface area contributed by atoms with Crippen LogP contribution in [-0.4, -0.2) is 177 Å². The van der Waals surface area contributed by atoms with Crippen molar-refractivity contribution in [2.75, 3.05) is 39.5 Å². The molecule has 0 heterocycles. The second-order valence-electron chi connectivity index (χ2n) is 12.0. The minimum Gasteiger partial charge on any atom is -1.00 e. The van der Waals surface area contributed by atoms with Crippen molar-refractivity contribution in [2.45, 2.75) is 79.1 Å². The standard InChI is InChI=1S/3C9H17NO5.Ca.2H/c3*1-9(2,5-11)7(14)8(15)10-4-3-6(12)13;;;/h3*7,11,14H,3-5H2,1-2H3,(H,10,15)(H,12,13);;;/q;;;+2;2*-1. The zero-order valence-electron chi connectivity index (χ0n) is 29.3. The fourth-order valence-electron chi connectivity index (χ4n) is 2.49. The van der Waals surface area contributed by atoms with E-state index >= 15 is 0 Å². The normalized spacial score (nSPS) is 13.0. The Labute approximate surface area is 300 Å². The summed E-state index contributed by atoms with van der Waals surface area (Å²) in [5, 5.41) is 86.9. The molecule has 0 fully saturated rings. The third kappa shape index (κ3) is 23.2. The van der Waals surface area contributed by atoms with Crippen LogP contribution in [0.15, 0.2) is 0 Å². The zero-order valence-corrected chi connectivity index (χ0v) is 29.5. The van der Waals surface area contributed by atoms with E-state index in [0.29, 0.717) is 0 Å². The van der Waals surface area contributed by atoms with E-state index in [4.69, 9.17) is 30.6 Å². The van der Waals surface area contributed by atoms with Gasteiger partial charge in [-0.05, 0) is 0 Å². The molecule has 18 nitrogen and oxygen atoms in total. The van der Waals surface area contributed by atoms with Gasteiger partial charge in [-0.1, -0.05) is 41.5 Å². The molecule has 0 rings (SSSR count). The third-order valence-corrected chi connectivity index (χ3v) is 6.10. The number of aliphatic hydroxyl groups excluding tert-OH is 6. The average Bonchev–Trinajstić information content (AvgIpc) is 2.95. The smallest absolute Gasteiger partial charge is 1.00 e. The topological polar surface area (TPSA) is 321 Å². The summed E-state index contributed by atoms with van der Waals surface area (Å²) in [6, 6.07) is 0. The average molecular weight is 700 g/mol. The Morgan fingerprint density at radius 2 is 0.674 bits per heavy atom. The van der Waals surface area contributed by atoms with Gasteiger partial charge in [0.05, 0.1) is 39.1 Å². The number of amides is 3. The van der Waals surface area contributed by atoms with Crippen LogP contribution < -0.4 is 16.0 Å². The molecule has 0 saturated heterocycles. The fourth-order valence-corrected chi connectivity index (χ4v) is 2.49. The van der Waals surface area contributed by atoms with Crippen LogP contribution >= 0.6 is 0 Å². The van der Waals surface area contributed by atoms with Crippen LogP contribution in [0.3, 0.4) is 0 Å². The number of hydrogen-bond donors (Lipinski definition) is 12. The minimum atomic E-state index is -1.35. The number of hydrogen-bond acceptors (Lipinski definition) is 12. The number of aliphatic carboxylic acids is 3. The Kier molecular flexibility index (Phi) is 27.5. The van der Waals surface area contributed by atoms with Crippen LogP contribution in [0.25, 0.3) is 0 Å². The summed E-state index contributed by atoms with van der Waals surface area (Å²) in [5.41, 5.74) is -2.81. The maximum absolute atomic E-state index is 11.3. The summed E-state index contributed by atoms with van der Waals surface area (Å²) < 4.78 is 0. The first-order valence-electron chi connectivity index (χ1n) is 13.8. The van der Waals surface area contributed by atoms with Gasteiger partial charge in [0.25, 0.3) is 0 Å². The molecule has 3 atom stereocenters. The second-order valence-corrected chi connectivity index (χ2v) is 12.0. The molecule has 0 aromatic rings. The summed E-state index contributed by atoms with van der Waals surface area (Å²) in [4.78, 5) is 64.2. The van der Waals surface area contributed by atoms with Crippen molar-refractivity contribution in [3.63, 3.8) is 0 Å². The maximum Gasteiger partial charge on any atom is 2.00 e. The number of nitrogens with one attached hydrogen (secondary N) is 3. The number of carboxylic acid groups (broad SMARTS) is 3. The molecule has 0 aliphatic heterocycles. The van der Waals surface area contributed by atoms with Crippen LogP contribution in [0.2, 0.25) is 0 Å². The van der Waals surface area contributed by atoms with Crippen LogP contribution in [0.1, 0.15) is 63.7 Å². The van der Waals surface area contributed by atoms with Crippen molar-refractivity contribution in [2.24, 2.45) is 16.2 Å². The first kappa shape index (κ1) is 50.7. The van der Waals surface area contributed by atoms with Crippen LogP contribution in [0.4, 0.5) is 0 Å². The van der Waals surface area contributed by atoms with E-state index in [1.165, 1.54) is 41.5 Å². The Morgan fingerprint density at radius 3 is 0.804 bits per heavy atom. The third-order valence-electron chi connectivity index (χ3n) is 6.10. The molecular weight excluding hydrogens is 646 g/mol. The molecule has 0 aliphatic rings. The van der Waals surface area contributed by atoms with Gasteiger partial charge in [0.1, 0.15) is 18.3 Å². The van der Waals surface area contributed by atoms with Gasteiger partial charge in [-0.15, -0.1) is 0 Å². The van der Waals surface area contributed by atoms with Gasteiger partial charge in [-0.3, -0.25) is 28.8 Å². The van der Waals surface area contributed by atoms with Crippen molar-refractivity contribution < 1.29 is 77.6 Å². The van der Waals surface area contributed by atoms with Gasteiger partial charge in [0.15, 0.2) is 0 Å². The van der Waals surface area contributed by atoms with Crippen LogP contribution in [-0.2, 0) is 28.8 Å². The van der Waals surface area contributed by atoms with E-state index in [0.717, 1.165) is 0 Å². The van der Waals surface area contributed by atoms with Gasteiger partial charge in [0.2, 0.25) is 17.7 Å². The van der Waals surface area contributed by atoms with E-state index in [1.807, 2.05) is 0 Å². The molecule has 0 aromatic heterocycles. The number of aliphatic hydroxyl groups is 6. The summed E-state index contributed by atoms with van der Waals surface area (Å²) in [5.74, 6) is -5.08. The van der Waals surface area contributed by atoms with Gasteiger partial charge in [0, 0.05) is 35.9 Å². The van der Waals surface area contributed by atoms with E-state index in [9.17, 15) is 44.1 Å². The van der Waals surface area contributed by atoms with Gasteiger partial charge < -0.3 is 64.8 Å². The molecule has 46 heavy (non-hydrogen) atoms. The molecule has 0 aromatic carbocycles. The summed E-state index contributed by atoms with van der Waals surface area (Å²) in [7, 11) is 0. The summed E-state index contributed by atoms with van der Waals surface area (Å²) in [6.45, 7) is 8.11. The van der Waals surface area contributed by atoms with Crippen molar-refractivity contribution in [1.29, 1.82) is 0 Å². The summed E-state index contributed by atoms with van der Waals surface area (Å²) in [6.07, 6.45) is -4.64. The second kappa shape index (κ2) is 24.9. The number of rotatable bonds is 18. The molecule has 3 amide bonds. The molecule has 268 valence electrons. The minimum absolute atomic E-state index is 0. The molecular formula is C27H53CaN3O15. The van der Waals surface area contributed by atoms with Gasteiger partial charge >= 0.3 is 55.6 Å². The van der Waals surface area contributed by atoms with E-state index < -0.39 is 70.2 Å². The number of carboxylic acids is 3. The molecule has 19 heteroatoms. The number of carbonyl (C=O) groups excluding carboxylic acids is 3. The number of carbonyl (C=O) groups is 6. The van der Waals surface area contributed by atoms with Crippen molar-refractivity contribution in [3.05, 3.63) is 0 Å². The van der Waals surface area contributed by atoms with Crippen molar-refractivity contribution >= 4 is 73.4 Å². The van der Waals surface area contributed by atoms with E-state index in [-0.39, 0.29) is 99.3 Å². The first-order valence-corrected chi connectivity index (χ1v) is 13.8. The molecule has 12 N–H and O–H groups in total. The SMILES string of the molecule is CC(C)(CO)C(O)C(=O)NCCC(=O)O.CC(C)(CO)C(O)C(=O)NCCC(=O)O.CC(C)(CO)C(O)C(=O)NCCC(=O)O.[Ca+2].[H-].[H-].